The minimum absolute atomic E-state index is 0.0188. The van der Waals surface area contributed by atoms with Gasteiger partial charge in [0.2, 0.25) is 53.2 Å². The highest BCUT2D eigenvalue weighted by Crippen LogP contribution is 2.11. The van der Waals surface area contributed by atoms with Gasteiger partial charge in [-0.15, -0.1) is 0 Å². The van der Waals surface area contributed by atoms with Crippen LogP contribution in [0.3, 0.4) is 0 Å². The number of hydrogen-bond acceptors (Lipinski definition) is 12. The summed E-state index contributed by atoms with van der Waals surface area (Å²) in [5.41, 5.74) is 6.58. The maximum absolute atomic E-state index is 13.9. The zero-order valence-electron chi connectivity index (χ0n) is 41.2. The van der Waals surface area contributed by atoms with E-state index in [4.69, 9.17) is 5.73 Å². The van der Waals surface area contributed by atoms with Gasteiger partial charge in [-0.25, -0.2) is 4.79 Å². The van der Waals surface area contributed by atoms with Gasteiger partial charge in [-0.3, -0.25) is 43.2 Å². The molecule has 0 saturated heterocycles. The monoisotopic (exact) mass is 977 g/mol. The van der Waals surface area contributed by atoms with Crippen molar-refractivity contribution in [2.24, 2.45) is 35.3 Å². The van der Waals surface area contributed by atoms with Crippen LogP contribution in [-0.2, 0) is 54.4 Å². The van der Waals surface area contributed by atoms with E-state index in [2.05, 4.69) is 60.5 Å². The number of thiol groups is 1. The van der Waals surface area contributed by atoms with Crippen molar-refractivity contribution in [3.63, 3.8) is 0 Å². The Morgan fingerprint density at radius 2 is 0.956 bits per heavy atom. The normalized spacial score (nSPS) is 14.9. The quantitative estimate of drug-likeness (QED) is 0.0443. The number of carbonyl (C=O) groups is 10. The Bertz CT molecular complexity index is 1880. The van der Waals surface area contributed by atoms with E-state index in [-0.39, 0.29) is 42.8 Å². The number of benzene rings is 1. The van der Waals surface area contributed by atoms with E-state index in [0.717, 1.165) is 0 Å². The van der Waals surface area contributed by atoms with Gasteiger partial charge in [0.05, 0.1) is 19.1 Å². The molecular weight excluding hydrogens is 901 g/mol. The Kier molecular flexibility index (Phi) is 26.5. The maximum atomic E-state index is 13.9. The standard InChI is InChI=1S/C46H76N10O11S/c1-23(2)17-30(52-43(63)33(22-68)54-44(64)36(47)25(5)6)40(60)48-20-34(57)51-31(18-24(3)4)42(62)53-32(19-29-15-13-12-14-16-29)41(61)50-28(11)39(59)56-37(26(7)8)45(65)49-21-35(58)55-38(27(9)10)46(66)67/h12-16,23-28,30-33,36-38,68H,17-22,47H2,1-11H3,(H,48,60)(H,49,65)(H,50,61)(H,51,57)(H,52,63)(H,53,62)(H,54,64)(H,55,58)(H,56,59)(H,66,67)/t28-,30-,31-,32-,33-,36-,37-,38-/m0/s1. The predicted molar refractivity (Wildman–Crippen MR) is 258 cm³/mol. The van der Waals surface area contributed by atoms with Crippen LogP contribution in [0, 0.1) is 29.6 Å². The summed E-state index contributed by atoms with van der Waals surface area (Å²) in [6.45, 7) is 17.6. The fourth-order valence-corrected chi connectivity index (χ4v) is 6.78. The van der Waals surface area contributed by atoms with Crippen LogP contribution in [0.25, 0.3) is 0 Å². The zero-order valence-corrected chi connectivity index (χ0v) is 42.1. The molecular formula is C46H76N10O11S. The molecule has 1 aromatic rings. The van der Waals surface area contributed by atoms with Crippen molar-refractivity contribution >= 4 is 71.8 Å². The summed E-state index contributed by atoms with van der Waals surface area (Å²) in [6.07, 6.45) is 0.298. The molecule has 12 N–H and O–H groups in total. The molecule has 0 aromatic heterocycles. The molecule has 0 heterocycles. The number of hydrogen-bond donors (Lipinski definition) is 12. The van der Waals surface area contributed by atoms with E-state index in [9.17, 15) is 53.1 Å². The Balaban J connectivity index is 3.14. The van der Waals surface area contributed by atoms with Gasteiger partial charge in [0, 0.05) is 12.2 Å². The molecule has 0 aliphatic heterocycles. The number of amides is 9. The third-order valence-electron chi connectivity index (χ3n) is 10.5. The summed E-state index contributed by atoms with van der Waals surface area (Å²) in [7, 11) is 0. The van der Waals surface area contributed by atoms with Crippen LogP contribution in [0.1, 0.15) is 94.6 Å². The lowest BCUT2D eigenvalue weighted by Gasteiger charge is -2.27. The smallest absolute Gasteiger partial charge is 0.326 e. The van der Waals surface area contributed by atoms with Gasteiger partial charge in [0.25, 0.3) is 0 Å². The molecule has 8 atom stereocenters. The van der Waals surface area contributed by atoms with Crippen LogP contribution in [0.5, 0.6) is 0 Å². The summed E-state index contributed by atoms with van der Waals surface area (Å²) < 4.78 is 0. The first-order valence-corrected chi connectivity index (χ1v) is 23.6. The second kappa shape index (κ2) is 29.9. The van der Waals surface area contributed by atoms with Gasteiger partial charge in [-0.2, -0.15) is 12.6 Å². The van der Waals surface area contributed by atoms with Crippen LogP contribution in [0.2, 0.25) is 0 Å². The Morgan fingerprint density at radius 3 is 1.44 bits per heavy atom. The molecule has 0 bridgehead atoms. The lowest BCUT2D eigenvalue weighted by Crippen LogP contribution is -2.59. The highest BCUT2D eigenvalue weighted by molar-refractivity contribution is 7.80. The first kappa shape index (κ1) is 60.2. The van der Waals surface area contributed by atoms with Crippen molar-refractivity contribution in [3.05, 3.63) is 35.9 Å². The second-order valence-electron chi connectivity index (χ2n) is 18.7. The van der Waals surface area contributed by atoms with E-state index in [1.165, 1.54) is 6.92 Å². The van der Waals surface area contributed by atoms with E-state index in [0.29, 0.717) is 5.56 Å². The maximum Gasteiger partial charge on any atom is 0.326 e. The number of nitrogens with two attached hydrogens (primary N) is 1. The van der Waals surface area contributed by atoms with Crippen molar-refractivity contribution in [1.82, 2.24) is 47.9 Å². The van der Waals surface area contributed by atoms with E-state index in [1.54, 1.807) is 71.9 Å². The molecule has 382 valence electrons. The van der Waals surface area contributed by atoms with Crippen molar-refractivity contribution in [2.75, 3.05) is 18.8 Å². The number of rotatable bonds is 29. The predicted octanol–water partition coefficient (Wildman–Crippen LogP) is -0.723. The Morgan fingerprint density at radius 1 is 0.500 bits per heavy atom. The lowest BCUT2D eigenvalue weighted by atomic mass is 10.0. The molecule has 22 heteroatoms. The third kappa shape index (κ3) is 21.9. The first-order valence-electron chi connectivity index (χ1n) is 23.0. The molecule has 0 fully saturated rings. The van der Waals surface area contributed by atoms with Gasteiger partial charge < -0.3 is 58.7 Å². The number of carbonyl (C=O) groups excluding carboxylic acids is 9. The summed E-state index contributed by atoms with van der Waals surface area (Å²) in [4.78, 5) is 131. The number of carboxylic acids is 1. The summed E-state index contributed by atoms with van der Waals surface area (Å²) >= 11 is 4.19. The number of aliphatic carboxylic acids is 1. The summed E-state index contributed by atoms with van der Waals surface area (Å²) in [6, 6.07) is -0.338. The third-order valence-corrected chi connectivity index (χ3v) is 10.9. The van der Waals surface area contributed by atoms with Gasteiger partial charge in [0.15, 0.2) is 0 Å². The highest BCUT2D eigenvalue weighted by Gasteiger charge is 2.33. The largest absolute Gasteiger partial charge is 0.480 e. The second-order valence-corrected chi connectivity index (χ2v) is 19.1. The van der Waals surface area contributed by atoms with Crippen LogP contribution < -0.4 is 53.6 Å². The molecule has 9 amide bonds. The topological polar surface area (TPSA) is 325 Å². The fourth-order valence-electron chi connectivity index (χ4n) is 6.52. The molecule has 1 aromatic carbocycles. The first-order chi connectivity index (χ1) is 31.7. The molecule has 68 heavy (non-hydrogen) atoms. The molecule has 0 aliphatic carbocycles. The van der Waals surface area contributed by atoms with E-state index < -0.39 is 132 Å². The molecule has 0 spiro atoms. The van der Waals surface area contributed by atoms with Crippen molar-refractivity contribution in [1.29, 1.82) is 0 Å². The molecule has 0 saturated carbocycles. The van der Waals surface area contributed by atoms with Gasteiger partial charge in [-0.05, 0) is 54.9 Å². The van der Waals surface area contributed by atoms with Crippen LogP contribution >= 0.6 is 12.6 Å². The number of nitrogens with one attached hydrogen (secondary N) is 9. The summed E-state index contributed by atoms with van der Waals surface area (Å²) in [5, 5.41) is 32.3. The SMILES string of the molecule is CC(C)C[C@H](NC(=O)CNC(=O)[C@H](CC(C)C)NC(=O)[C@H](CS)NC(=O)[C@@H](N)C(C)C)C(=O)N[C@@H](Cc1ccccc1)C(=O)N[C@@H](C)C(=O)N[C@H](C(=O)NCC(=O)N[C@H](C(=O)O)C(C)C)C(C)C. The Hall–Kier alpha value is -5.77. The highest BCUT2D eigenvalue weighted by atomic mass is 32.1. The molecule has 21 nitrogen and oxygen atoms in total. The minimum Gasteiger partial charge on any atom is -0.480 e. The fraction of sp³-hybridized carbons (Fsp3) is 0.652. The number of carboxylic acid groups (broad SMARTS) is 1. The molecule has 0 unspecified atom stereocenters. The lowest BCUT2D eigenvalue weighted by molar-refractivity contribution is -0.143. The van der Waals surface area contributed by atoms with E-state index >= 15 is 0 Å². The average molecular weight is 977 g/mol. The van der Waals surface area contributed by atoms with E-state index in [1.807, 2.05) is 27.7 Å². The van der Waals surface area contributed by atoms with Crippen LogP contribution in [0.15, 0.2) is 30.3 Å². The molecule has 0 radical (unpaired) electrons. The summed E-state index contributed by atoms with van der Waals surface area (Å²) in [5.74, 6) is -8.97. The minimum atomic E-state index is -1.26. The van der Waals surface area contributed by atoms with Crippen LogP contribution in [0.4, 0.5) is 0 Å². The molecule has 0 aliphatic rings. The Labute approximate surface area is 405 Å². The molecule has 1 rings (SSSR count). The van der Waals surface area contributed by atoms with Crippen molar-refractivity contribution < 1.29 is 53.1 Å². The van der Waals surface area contributed by atoms with Gasteiger partial charge in [-0.1, -0.05) is 99.6 Å². The average Bonchev–Trinajstić information content (AvgIpc) is 3.25. The zero-order chi connectivity index (χ0) is 52.0. The van der Waals surface area contributed by atoms with Gasteiger partial charge >= 0.3 is 5.97 Å². The van der Waals surface area contributed by atoms with Crippen LogP contribution in [-0.4, -0.2) is 131 Å². The van der Waals surface area contributed by atoms with Gasteiger partial charge in [0.1, 0.15) is 42.3 Å². The van der Waals surface area contributed by atoms with Crippen molar-refractivity contribution in [2.45, 2.75) is 144 Å². The van der Waals surface area contributed by atoms with Crippen molar-refractivity contribution in [3.8, 4) is 0 Å².